The third-order valence-corrected chi connectivity index (χ3v) is 2.79. The maximum Gasteiger partial charge on any atom is 0.240 e. The second-order valence-corrected chi connectivity index (χ2v) is 5.28. The van der Waals surface area contributed by atoms with Crippen molar-refractivity contribution in [1.82, 2.24) is 5.32 Å². The first kappa shape index (κ1) is 16.3. The van der Waals surface area contributed by atoms with Gasteiger partial charge in [0.2, 0.25) is 11.8 Å². The third-order valence-electron chi connectivity index (χ3n) is 2.47. The molecule has 0 heterocycles. The van der Waals surface area contributed by atoms with Crippen LogP contribution in [0.4, 0.5) is 8.78 Å². The molecule has 1 rings (SSSR count). The van der Waals surface area contributed by atoms with Crippen molar-refractivity contribution in [2.75, 3.05) is 0 Å². The summed E-state index contributed by atoms with van der Waals surface area (Å²) in [6.45, 7) is 3.55. The van der Waals surface area contributed by atoms with E-state index in [1.54, 1.807) is 0 Å². The van der Waals surface area contributed by atoms with Crippen LogP contribution in [0.2, 0.25) is 0 Å². The smallest absolute Gasteiger partial charge is 0.240 e. The molecule has 0 spiro atoms. The number of carbonyl (C=O) groups excluding carboxylic acids is 2. The lowest BCUT2D eigenvalue weighted by molar-refractivity contribution is -0.126. The molecule has 0 fully saturated rings. The fourth-order valence-corrected chi connectivity index (χ4v) is 1.85. The molecule has 3 N–H and O–H groups in total. The molecule has 0 saturated heterocycles. The van der Waals surface area contributed by atoms with E-state index >= 15 is 0 Å². The lowest BCUT2D eigenvalue weighted by Crippen LogP contribution is -2.45. The minimum atomic E-state index is -0.933. The summed E-state index contributed by atoms with van der Waals surface area (Å²) in [5.41, 5.74) is 5.17. The van der Waals surface area contributed by atoms with Gasteiger partial charge in [-0.3, -0.25) is 9.59 Å². The Kier molecular flexibility index (Phi) is 5.82. The topological polar surface area (TPSA) is 72.2 Å². The van der Waals surface area contributed by atoms with Crippen LogP contribution in [0.15, 0.2) is 29.3 Å². The van der Waals surface area contributed by atoms with Crippen molar-refractivity contribution in [2.24, 2.45) is 5.73 Å². The molecule has 1 atom stereocenters. The van der Waals surface area contributed by atoms with Gasteiger partial charge in [-0.2, -0.15) is 0 Å². The molecule has 0 aliphatic heterocycles. The van der Waals surface area contributed by atoms with Crippen molar-refractivity contribution in [2.45, 2.75) is 18.9 Å². The molecule has 0 saturated carbocycles. The molecule has 0 aliphatic rings. The van der Waals surface area contributed by atoms with Gasteiger partial charge >= 0.3 is 0 Å². The van der Waals surface area contributed by atoms with Crippen LogP contribution in [0.5, 0.6) is 0 Å². The van der Waals surface area contributed by atoms with Gasteiger partial charge in [0.15, 0.2) is 0 Å². The number of amides is 2. The van der Waals surface area contributed by atoms with Gasteiger partial charge in [-0.05, 0) is 16.1 Å². The second kappa shape index (κ2) is 7.14. The third kappa shape index (κ3) is 5.08. The summed E-state index contributed by atoms with van der Waals surface area (Å²) in [6.07, 6.45) is -0.183. The van der Waals surface area contributed by atoms with Crippen LogP contribution >= 0.6 is 15.9 Å². The first-order valence-electron chi connectivity index (χ1n) is 5.65. The Morgan fingerprint density at radius 3 is 2.55 bits per heavy atom. The Morgan fingerprint density at radius 2 is 2.05 bits per heavy atom. The molecule has 1 aromatic rings. The molecule has 7 heteroatoms. The Balaban J connectivity index is 2.70. The summed E-state index contributed by atoms with van der Waals surface area (Å²) in [5, 5.41) is 2.37. The van der Waals surface area contributed by atoms with Gasteiger partial charge in [0.1, 0.15) is 17.7 Å². The van der Waals surface area contributed by atoms with Crippen molar-refractivity contribution >= 4 is 27.7 Å². The number of benzene rings is 1. The average Bonchev–Trinajstić information content (AvgIpc) is 2.31. The van der Waals surface area contributed by atoms with Gasteiger partial charge in [-0.25, -0.2) is 8.78 Å². The van der Waals surface area contributed by atoms with Gasteiger partial charge in [0, 0.05) is 12.5 Å². The summed E-state index contributed by atoms with van der Waals surface area (Å²) < 4.78 is 26.6. The minimum Gasteiger partial charge on any atom is -0.368 e. The number of primary amides is 1. The predicted octanol–water partition coefficient (Wildman–Crippen LogP) is 1.78. The molecule has 2 amide bonds. The lowest BCUT2D eigenvalue weighted by Gasteiger charge is -2.15. The van der Waals surface area contributed by atoms with Crippen LogP contribution in [-0.4, -0.2) is 17.9 Å². The maximum absolute atomic E-state index is 13.4. The highest BCUT2D eigenvalue weighted by molar-refractivity contribution is 9.11. The van der Waals surface area contributed by atoms with Crippen LogP contribution in [0.3, 0.4) is 0 Å². The summed E-state index contributed by atoms with van der Waals surface area (Å²) in [4.78, 5) is 22.9. The fourth-order valence-electron chi connectivity index (χ4n) is 1.53. The zero-order chi connectivity index (χ0) is 15.3. The van der Waals surface area contributed by atoms with E-state index in [1.165, 1.54) is 6.07 Å². The molecular formula is C13H13BrF2N2O2. The largest absolute Gasteiger partial charge is 0.368 e. The number of nitrogens with two attached hydrogens (primary N) is 1. The normalized spacial score (nSPS) is 11.8. The molecule has 0 radical (unpaired) electrons. The Labute approximate surface area is 123 Å². The van der Waals surface area contributed by atoms with Crippen LogP contribution in [0.25, 0.3) is 0 Å². The van der Waals surface area contributed by atoms with E-state index < -0.39 is 29.5 Å². The van der Waals surface area contributed by atoms with Crippen molar-refractivity contribution in [3.8, 4) is 0 Å². The SMILES string of the molecule is C=C(Br)C[C@H](NC(=O)Cc1ccc(F)cc1F)C(N)=O. The number of nitrogens with one attached hydrogen (secondary N) is 1. The fraction of sp³-hybridized carbons (Fsp3) is 0.231. The number of rotatable bonds is 6. The number of hydrogen-bond acceptors (Lipinski definition) is 2. The van der Waals surface area contributed by atoms with E-state index in [-0.39, 0.29) is 18.4 Å². The lowest BCUT2D eigenvalue weighted by atomic mass is 10.1. The number of hydrogen-bond donors (Lipinski definition) is 2. The van der Waals surface area contributed by atoms with E-state index in [1.807, 2.05) is 0 Å². The summed E-state index contributed by atoms with van der Waals surface area (Å²) >= 11 is 3.06. The molecule has 0 aromatic heterocycles. The van der Waals surface area contributed by atoms with E-state index in [2.05, 4.69) is 27.8 Å². The zero-order valence-electron chi connectivity index (χ0n) is 10.5. The van der Waals surface area contributed by atoms with Gasteiger partial charge in [-0.1, -0.05) is 28.6 Å². The standard InChI is InChI=1S/C13H13BrF2N2O2/c1-7(14)4-11(13(17)20)18-12(19)5-8-2-3-9(15)6-10(8)16/h2-3,6,11H,1,4-5H2,(H2,17,20)(H,18,19)/t11-/m0/s1. The molecule has 4 nitrogen and oxygen atoms in total. The average molecular weight is 347 g/mol. The summed E-state index contributed by atoms with van der Waals surface area (Å²) in [7, 11) is 0. The number of carbonyl (C=O) groups is 2. The quantitative estimate of drug-likeness (QED) is 0.823. The molecule has 20 heavy (non-hydrogen) atoms. The van der Waals surface area contributed by atoms with Crippen molar-refractivity contribution in [1.29, 1.82) is 0 Å². The Hall–Kier alpha value is -1.76. The molecule has 108 valence electrons. The highest BCUT2D eigenvalue weighted by Gasteiger charge is 2.19. The van der Waals surface area contributed by atoms with Crippen LogP contribution < -0.4 is 11.1 Å². The summed E-state index contributed by atoms with van der Waals surface area (Å²) in [6, 6.07) is 1.98. The van der Waals surface area contributed by atoms with Gasteiger partial charge < -0.3 is 11.1 Å². The van der Waals surface area contributed by atoms with Gasteiger partial charge in [0.25, 0.3) is 0 Å². The van der Waals surface area contributed by atoms with Gasteiger partial charge in [0.05, 0.1) is 6.42 Å². The van der Waals surface area contributed by atoms with Crippen LogP contribution in [-0.2, 0) is 16.0 Å². The van der Waals surface area contributed by atoms with E-state index in [4.69, 9.17) is 5.73 Å². The first-order chi connectivity index (χ1) is 9.29. The molecule has 0 bridgehead atoms. The van der Waals surface area contributed by atoms with Gasteiger partial charge in [-0.15, -0.1) is 0 Å². The Bertz CT molecular complexity index is 549. The van der Waals surface area contributed by atoms with Crippen molar-refractivity contribution in [3.05, 3.63) is 46.5 Å². The second-order valence-electron chi connectivity index (χ2n) is 4.16. The monoisotopic (exact) mass is 346 g/mol. The van der Waals surface area contributed by atoms with E-state index in [0.29, 0.717) is 10.5 Å². The van der Waals surface area contributed by atoms with Crippen LogP contribution in [0.1, 0.15) is 12.0 Å². The molecule has 0 unspecified atom stereocenters. The zero-order valence-corrected chi connectivity index (χ0v) is 12.0. The minimum absolute atomic E-state index is 0.0322. The highest BCUT2D eigenvalue weighted by Crippen LogP contribution is 2.12. The highest BCUT2D eigenvalue weighted by atomic mass is 79.9. The molecular weight excluding hydrogens is 334 g/mol. The Morgan fingerprint density at radius 1 is 1.40 bits per heavy atom. The summed E-state index contributed by atoms with van der Waals surface area (Å²) in [5.74, 6) is -2.86. The molecule has 0 aliphatic carbocycles. The molecule has 1 aromatic carbocycles. The van der Waals surface area contributed by atoms with Crippen LogP contribution in [0, 0.1) is 11.6 Å². The maximum atomic E-state index is 13.4. The van der Waals surface area contributed by atoms with E-state index in [0.717, 1.165) is 6.07 Å². The number of halogens is 3. The van der Waals surface area contributed by atoms with Crippen molar-refractivity contribution in [3.63, 3.8) is 0 Å². The predicted molar refractivity (Wildman–Crippen MR) is 73.9 cm³/mol. The first-order valence-corrected chi connectivity index (χ1v) is 6.44. The van der Waals surface area contributed by atoms with E-state index in [9.17, 15) is 18.4 Å². The van der Waals surface area contributed by atoms with Crippen molar-refractivity contribution < 1.29 is 18.4 Å².